The van der Waals surface area contributed by atoms with E-state index in [4.69, 9.17) is 4.74 Å². The van der Waals surface area contributed by atoms with Crippen LogP contribution in [0.25, 0.3) is 0 Å². The molecule has 0 radical (unpaired) electrons. The van der Waals surface area contributed by atoms with Gasteiger partial charge in [0, 0.05) is 37.0 Å². The van der Waals surface area contributed by atoms with E-state index >= 15 is 0 Å². The standard InChI is InChI=1S/C18H21N5O2/c24-18(14-8-20-16(21-9-14)12-3-4-12)22-10-15-5-6-19-17(23-15)13-2-1-7-25-11-13/h5-6,8-9,12-13H,1-4,7,10-11H2,(H,22,24)/t13-/m1/s1. The predicted molar refractivity (Wildman–Crippen MR) is 90.0 cm³/mol. The Morgan fingerprint density at radius 2 is 1.96 bits per heavy atom. The average Bonchev–Trinajstić information content (AvgIpc) is 3.52. The minimum Gasteiger partial charge on any atom is -0.381 e. The van der Waals surface area contributed by atoms with E-state index in [1.165, 1.54) is 0 Å². The zero-order valence-electron chi connectivity index (χ0n) is 14.0. The molecule has 2 aromatic rings. The molecular weight excluding hydrogens is 318 g/mol. The van der Waals surface area contributed by atoms with Crippen LogP contribution in [0, 0.1) is 0 Å². The molecule has 4 rings (SSSR count). The summed E-state index contributed by atoms with van der Waals surface area (Å²) in [4.78, 5) is 29.7. The van der Waals surface area contributed by atoms with E-state index in [2.05, 4.69) is 25.3 Å². The third-order valence-corrected chi connectivity index (χ3v) is 4.56. The van der Waals surface area contributed by atoms with Crippen molar-refractivity contribution in [2.45, 2.75) is 44.1 Å². The molecule has 0 aromatic carbocycles. The van der Waals surface area contributed by atoms with Crippen molar-refractivity contribution in [2.24, 2.45) is 0 Å². The molecule has 0 unspecified atom stereocenters. The lowest BCUT2D eigenvalue weighted by Crippen LogP contribution is -2.24. The Bertz CT molecular complexity index is 739. The molecule has 130 valence electrons. The number of hydrogen-bond acceptors (Lipinski definition) is 6. The van der Waals surface area contributed by atoms with Crippen molar-refractivity contribution in [3.63, 3.8) is 0 Å². The minimum absolute atomic E-state index is 0.191. The van der Waals surface area contributed by atoms with Gasteiger partial charge in [-0.3, -0.25) is 4.79 Å². The molecule has 1 N–H and O–H groups in total. The molecule has 2 fully saturated rings. The largest absolute Gasteiger partial charge is 0.381 e. The van der Waals surface area contributed by atoms with E-state index in [0.717, 1.165) is 49.6 Å². The highest BCUT2D eigenvalue weighted by molar-refractivity contribution is 5.93. The number of ether oxygens (including phenoxy) is 1. The van der Waals surface area contributed by atoms with Crippen LogP contribution in [0.5, 0.6) is 0 Å². The van der Waals surface area contributed by atoms with Crippen molar-refractivity contribution < 1.29 is 9.53 Å². The van der Waals surface area contributed by atoms with Crippen molar-refractivity contribution in [3.05, 3.63) is 47.6 Å². The number of carbonyl (C=O) groups is 1. The highest BCUT2D eigenvalue weighted by atomic mass is 16.5. The number of hydrogen-bond donors (Lipinski definition) is 1. The Kier molecular flexibility index (Phi) is 4.65. The minimum atomic E-state index is -0.191. The van der Waals surface area contributed by atoms with Crippen molar-refractivity contribution in [3.8, 4) is 0 Å². The van der Waals surface area contributed by atoms with Gasteiger partial charge in [0.05, 0.1) is 24.4 Å². The normalized spacial score (nSPS) is 20.2. The van der Waals surface area contributed by atoms with Crippen molar-refractivity contribution in [1.82, 2.24) is 25.3 Å². The molecule has 1 aliphatic heterocycles. The molecule has 0 spiro atoms. The molecule has 0 bridgehead atoms. The maximum absolute atomic E-state index is 12.2. The van der Waals surface area contributed by atoms with Gasteiger partial charge < -0.3 is 10.1 Å². The second-order valence-corrected chi connectivity index (χ2v) is 6.61. The highest BCUT2D eigenvalue weighted by Crippen LogP contribution is 2.37. The van der Waals surface area contributed by atoms with Gasteiger partial charge in [0.25, 0.3) is 5.91 Å². The molecule has 1 amide bonds. The molecular formula is C18H21N5O2. The Balaban J connectivity index is 1.36. The van der Waals surface area contributed by atoms with Crippen molar-refractivity contribution in [1.29, 1.82) is 0 Å². The predicted octanol–water partition coefficient (Wildman–Crippen LogP) is 1.97. The smallest absolute Gasteiger partial charge is 0.254 e. The lowest BCUT2D eigenvalue weighted by Gasteiger charge is -2.20. The molecule has 2 aromatic heterocycles. The van der Waals surface area contributed by atoms with E-state index in [9.17, 15) is 4.79 Å². The summed E-state index contributed by atoms with van der Waals surface area (Å²) in [6.07, 6.45) is 9.31. The molecule has 7 nitrogen and oxygen atoms in total. The van der Waals surface area contributed by atoms with Crippen LogP contribution in [0.15, 0.2) is 24.7 Å². The van der Waals surface area contributed by atoms with Gasteiger partial charge in [-0.1, -0.05) is 0 Å². The monoisotopic (exact) mass is 339 g/mol. The summed E-state index contributed by atoms with van der Waals surface area (Å²) in [7, 11) is 0. The summed E-state index contributed by atoms with van der Waals surface area (Å²) < 4.78 is 5.50. The van der Waals surface area contributed by atoms with E-state index < -0.39 is 0 Å². The first-order chi connectivity index (χ1) is 12.3. The second-order valence-electron chi connectivity index (χ2n) is 6.61. The first kappa shape index (κ1) is 16.1. The third kappa shape index (κ3) is 3.99. The van der Waals surface area contributed by atoms with Gasteiger partial charge in [0.15, 0.2) is 0 Å². The molecule has 7 heteroatoms. The number of nitrogens with zero attached hydrogens (tertiary/aromatic N) is 4. The summed E-state index contributed by atoms with van der Waals surface area (Å²) in [6, 6.07) is 1.82. The van der Waals surface area contributed by atoms with Crippen LogP contribution in [0.4, 0.5) is 0 Å². The Morgan fingerprint density at radius 3 is 2.68 bits per heavy atom. The van der Waals surface area contributed by atoms with Gasteiger partial charge in [0.2, 0.25) is 0 Å². The van der Waals surface area contributed by atoms with Crippen molar-refractivity contribution in [2.75, 3.05) is 13.2 Å². The van der Waals surface area contributed by atoms with Crippen LogP contribution in [-0.2, 0) is 11.3 Å². The molecule has 1 aliphatic carbocycles. The third-order valence-electron chi connectivity index (χ3n) is 4.56. The van der Waals surface area contributed by atoms with Crippen LogP contribution in [0.1, 0.15) is 65.2 Å². The molecule has 1 saturated heterocycles. The maximum Gasteiger partial charge on any atom is 0.254 e. The molecule has 2 aliphatic rings. The van der Waals surface area contributed by atoms with Crippen LogP contribution >= 0.6 is 0 Å². The van der Waals surface area contributed by atoms with E-state index in [-0.39, 0.29) is 11.8 Å². The topological polar surface area (TPSA) is 89.9 Å². The molecule has 3 heterocycles. The first-order valence-corrected chi connectivity index (χ1v) is 8.79. The fraction of sp³-hybridized carbons (Fsp3) is 0.500. The zero-order valence-corrected chi connectivity index (χ0v) is 14.0. The number of nitrogens with one attached hydrogen (secondary N) is 1. The Morgan fingerprint density at radius 1 is 1.12 bits per heavy atom. The number of amides is 1. The summed E-state index contributed by atoms with van der Waals surface area (Å²) in [5.41, 5.74) is 1.26. The summed E-state index contributed by atoms with van der Waals surface area (Å²) in [5, 5.41) is 2.87. The van der Waals surface area contributed by atoms with Gasteiger partial charge in [-0.25, -0.2) is 19.9 Å². The van der Waals surface area contributed by atoms with Crippen LogP contribution in [-0.4, -0.2) is 39.1 Å². The van der Waals surface area contributed by atoms with Crippen molar-refractivity contribution >= 4 is 5.91 Å². The summed E-state index contributed by atoms with van der Waals surface area (Å²) in [6.45, 7) is 1.83. The van der Waals surface area contributed by atoms with Gasteiger partial charge in [-0.05, 0) is 31.7 Å². The van der Waals surface area contributed by atoms with Gasteiger partial charge in [-0.2, -0.15) is 0 Å². The maximum atomic E-state index is 12.2. The number of rotatable bonds is 5. The fourth-order valence-corrected chi connectivity index (χ4v) is 2.93. The van der Waals surface area contributed by atoms with E-state index in [0.29, 0.717) is 24.6 Å². The van der Waals surface area contributed by atoms with Crippen LogP contribution < -0.4 is 5.32 Å². The highest BCUT2D eigenvalue weighted by Gasteiger charge is 2.26. The lowest BCUT2D eigenvalue weighted by molar-refractivity contribution is 0.0779. The van der Waals surface area contributed by atoms with E-state index in [1.54, 1.807) is 18.6 Å². The summed E-state index contributed by atoms with van der Waals surface area (Å²) in [5.74, 6) is 2.17. The second kappa shape index (κ2) is 7.23. The molecule has 1 atom stereocenters. The zero-order chi connectivity index (χ0) is 17.1. The van der Waals surface area contributed by atoms with Crippen LogP contribution in [0.3, 0.4) is 0 Å². The number of aromatic nitrogens is 4. The van der Waals surface area contributed by atoms with Gasteiger partial charge in [-0.15, -0.1) is 0 Å². The Hall–Kier alpha value is -2.41. The quantitative estimate of drug-likeness (QED) is 0.896. The Labute approximate surface area is 146 Å². The SMILES string of the molecule is O=C(NCc1ccnc([C@@H]2CCCOC2)n1)c1cnc(C2CC2)nc1. The van der Waals surface area contributed by atoms with Gasteiger partial charge in [0.1, 0.15) is 11.6 Å². The van der Waals surface area contributed by atoms with E-state index in [1.807, 2.05) is 6.07 Å². The lowest BCUT2D eigenvalue weighted by atomic mass is 10.0. The average molecular weight is 339 g/mol. The number of carbonyl (C=O) groups excluding carboxylic acids is 1. The molecule has 1 saturated carbocycles. The van der Waals surface area contributed by atoms with Gasteiger partial charge >= 0.3 is 0 Å². The first-order valence-electron chi connectivity index (χ1n) is 8.79. The fourth-order valence-electron chi connectivity index (χ4n) is 2.93. The molecule has 25 heavy (non-hydrogen) atoms. The van der Waals surface area contributed by atoms with Crippen LogP contribution in [0.2, 0.25) is 0 Å². The summed E-state index contributed by atoms with van der Waals surface area (Å²) >= 11 is 0.